The molecule has 0 N–H and O–H groups in total. The molecule has 3 heterocycles. The fourth-order valence-electron chi connectivity index (χ4n) is 3.40. The Kier molecular flexibility index (Phi) is 4.73. The second kappa shape index (κ2) is 7.32. The van der Waals surface area contributed by atoms with Gasteiger partial charge in [0.2, 0.25) is 0 Å². The van der Waals surface area contributed by atoms with Gasteiger partial charge in [0.15, 0.2) is 5.65 Å². The maximum absolute atomic E-state index is 12.8. The van der Waals surface area contributed by atoms with Crippen molar-refractivity contribution in [3.05, 3.63) is 64.8 Å². The van der Waals surface area contributed by atoms with E-state index in [0.29, 0.717) is 18.5 Å². The predicted octanol–water partition coefficient (Wildman–Crippen LogP) is 3.66. The number of pyridine rings is 1. The summed E-state index contributed by atoms with van der Waals surface area (Å²) < 4.78 is 8.86. The van der Waals surface area contributed by atoms with Crippen LogP contribution in [-0.4, -0.2) is 26.3 Å². The van der Waals surface area contributed by atoms with Crippen molar-refractivity contribution in [1.82, 2.24) is 19.2 Å². The average molecular weight is 362 g/mol. The molecule has 0 spiro atoms. The standard InChI is InChI=1S/C21H22N4O2/c1-3-4-11-24-12-10-18-16(21(24)26)13-22-20-19(15-8-6-5-7-9-15)17(14-27-2)23-25(18)20/h5-10,12-13H,3-4,11,14H2,1-2H3. The van der Waals surface area contributed by atoms with Crippen molar-refractivity contribution >= 4 is 16.6 Å². The quantitative estimate of drug-likeness (QED) is 0.525. The highest BCUT2D eigenvalue weighted by Crippen LogP contribution is 2.29. The Balaban J connectivity index is 1.98. The van der Waals surface area contributed by atoms with E-state index in [-0.39, 0.29) is 5.56 Å². The minimum atomic E-state index is -0.0274. The first-order valence-electron chi connectivity index (χ1n) is 9.18. The van der Waals surface area contributed by atoms with E-state index in [1.807, 2.05) is 42.6 Å². The Bertz CT molecular complexity index is 1150. The Morgan fingerprint density at radius 2 is 1.96 bits per heavy atom. The lowest BCUT2D eigenvalue weighted by Gasteiger charge is -2.07. The molecule has 0 radical (unpaired) electrons. The number of aryl methyl sites for hydroxylation is 1. The number of hydrogen-bond donors (Lipinski definition) is 0. The molecule has 0 aliphatic rings. The fraction of sp³-hybridized carbons (Fsp3) is 0.286. The zero-order chi connectivity index (χ0) is 18.8. The fourth-order valence-corrected chi connectivity index (χ4v) is 3.40. The van der Waals surface area contributed by atoms with Crippen molar-refractivity contribution in [2.75, 3.05) is 7.11 Å². The summed E-state index contributed by atoms with van der Waals surface area (Å²) in [4.78, 5) is 17.4. The van der Waals surface area contributed by atoms with Gasteiger partial charge in [0, 0.05) is 26.0 Å². The number of aromatic nitrogens is 4. The Morgan fingerprint density at radius 3 is 2.70 bits per heavy atom. The smallest absolute Gasteiger partial charge is 0.261 e. The number of nitrogens with zero attached hydrogens (tertiary/aromatic N) is 4. The third-order valence-corrected chi connectivity index (χ3v) is 4.75. The minimum absolute atomic E-state index is 0.0274. The van der Waals surface area contributed by atoms with Crippen LogP contribution in [0.15, 0.2) is 53.6 Å². The van der Waals surface area contributed by atoms with Crippen LogP contribution >= 0.6 is 0 Å². The molecular weight excluding hydrogens is 340 g/mol. The zero-order valence-electron chi connectivity index (χ0n) is 15.6. The van der Waals surface area contributed by atoms with Crippen molar-refractivity contribution < 1.29 is 4.74 Å². The summed E-state index contributed by atoms with van der Waals surface area (Å²) in [6.45, 7) is 3.21. The van der Waals surface area contributed by atoms with Crippen LogP contribution in [0, 0.1) is 0 Å². The number of ether oxygens (including phenoxy) is 1. The van der Waals surface area contributed by atoms with Crippen molar-refractivity contribution in [3.8, 4) is 11.1 Å². The number of methoxy groups -OCH3 is 1. The average Bonchev–Trinajstić information content (AvgIpc) is 3.07. The highest BCUT2D eigenvalue weighted by Gasteiger charge is 2.18. The van der Waals surface area contributed by atoms with Gasteiger partial charge in [0.25, 0.3) is 5.56 Å². The zero-order valence-corrected chi connectivity index (χ0v) is 15.6. The molecule has 0 atom stereocenters. The van der Waals surface area contributed by atoms with Gasteiger partial charge in [-0.25, -0.2) is 9.50 Å². The third kappa shape index (κ3) is 3.02. The van der Waals surface area contributed by atoms with E-state index in [1.54, 1.807) is 22.4 Å². The van der Waals surface area contributed by atoms with E-state index in [4.69, 9.17) is 9.84 Å². The van der Waals surface area contributed by atoms with E-state index in [9.17, 15) is 4.79 Å². The number of rotatable bonds is 6. The van der Waals surface area contributed by atoms with Crippen LogP contribution in [0.3, 0.4) is 0 Å². The van der Waals surface area contributed by atoms with E-state index in [1.165, 1.54) is 0 Å². The summed E-state index contributed by atoms with van der Waals surface area (Å²) in [5, 5.41) is 5.30. The molecule has 0 bridgehead atoms. The van der Waals surface area contributed by atoms with Crippen LogP contribution in [0.1, 0.15) is 25.5 Å². The SMILES string of the molecule is CCCCn1ccc2c(cnc3c(-c4ccccc4)c(COC)nn32)c1=O. The maximum Gasteiger partial charge on any atom is 0.261 e. The van der Waals surface area contributed by atoms with Crippen LogP contribution in [0.5, 0.6) is 0 Å². The lowest BCUT2D eigenvalue weighted by molar-refractivity contribution is 0.181. The van der Waals surface area contributed by atoms with E-state index in [0.717, 1.165) is 40.8 Å². The molecule has 0 saturated heterocycles. The molecule has 0 unspecified atom stereocenters. The normalized spacial score (nSPS) is 11.5. The molecule has 6 heteroatoms. The molecule has 0 aliphatic heterocycles. The number of fused-ring (bicyclic) bond motifs is 3. The lowest BCUT2D eigenvalue weighted by Crippen LogP contribution is -2.20. The summed E-state index contributed by atoms with van der Waals surface area (Å²) in [5.41, 5.74) is 4.24. The Hall–Kier alpha value is -2.99. The first-order chi connectivity index (χ1) is 13.2. The van der Waals surface area contributed by atoms with Gasteiger partial charge in [-0.3, -0.25) is 4.79 Å². The number of hydrogen-bond acceptors (Lipinski definition) is 4. The van der Waals surface area contributed by atoms with Gasteiger partial charge in [0.1, 0.15) is 0 Å². The van der Waals surface area contributed by atoms with Crippen LogP contribution < -0.4 is 5.56 Å². The highest BCUT2D eigenvalue weighted by molar-refractivity contribution is 5.86. The first kappa shape index (κ1) is 17.4. The van der Waals surface area contributed by atoms with Crippen molar-refractivity contribution in [2.45, 2.75) is 32.9 Å². The molecule has 0 amide bonds. The van der Waals surface area contributed by atoms with E-state index >= 15 is 0 Å². The summed E-state index contributed by atoms with van der Waals surface area (Å²) in [7, 11) is 1.65. The van der Waals surface area contributed by atoms with Crippen LogP contribution in [0.2, 0.25) is 0 Å². The molecule has 1 aromatic carbocycles. The van der Waals surface area contributed by atoms with Crippen molar-refractivity contribution in [1.29, 1.82) is 0 Å². The van der Waals surface area contributed by atoms with Gasteiger partial charge >= 0.3 is 0 Å². The lowest BCUT2D eigenvalue weighted by atomic mass is 10.1. The second-order valence-electron chi connectivity index (χ2n) is 6.58. The third-order valence-electron chi connectivity index (χ3n) is 4.75. The van der Waals surface area contributed by atoms with Crippen LogP contribution in [0.4, 0.5) is 0 Å². The first-order valence-corrected chi connectivity index (χ1v) is 9.18. The highest BCUT2D eigenvalue weighted by atomic mass is 16.5. The van der Waals surface area contributed by atoms with Gasteiger partial charge < -0.3 is 9.30 Å². The van der Waals surface area contributed by atoms with Gasteiger partial charge in [-0.05, 0) is 18.1 Å². The Labute approximate surface area is 157 Å². The topological polar surface area (TPSA) is 61.4 Å². The molecule has 3 aromatic heterocycles. The Morgan fingerprint density at radius 1 is 1.15 bits per heavy atom. The molecule has 6 nitrogen and oxygen atoms in total. The molecular formula is C21H22N4O2. The monoisotopic (exact) mass is 362 g/mol. The minimum Gasteiger partial charge on any atom is -0.378 e. The molecule has 27 heavy (non-hydrogen) atoms. The van der Waals surface area contributed by atoms with Gasteiger partial charge in [-0.2, -0.15) is 5.10 Å². The maximum atomic E-state index is 12.8. The van der Waals surface area contributed by atoms with Gasteiger partial charge in [0.05, 0.1) is 28.8 Å². The summed E-state index contributed by atoms with van der Waals surface area (Å²) in [6, 6.07) is 12.0. The second-order valence-corrected chi connectivity index (χ2v) is 6.58. The molecule has 4 rings (SSSR count). The van der Waals surface area contributed by atoms with Crippen molar-refractivity contribution in [3.63, 3.8) is 0 Å². The number of benzene rings is 1. The largest absolute Gasteiger partial charge is 0.378 e. The van der Waals surface area contributed by atoms with Crippen LogP contribution in [-0.2, 0) is 17.9 Å². The van der Waals surface area contributed by atoms with Crippen molar-refractivity contribution in [2.24, 2.45) is 0 Å². The van der Waals surface area contributed by atoms with Gasteiger partial charge in [-0.15, -0.1) is 0 Å². The molecule has 0 fully saturated rings. The molecule has 0 saturated carbocycles. The number of unbranched alkanes of at least 4 members (excludes halogenated alkanes) is 1. The van der Waals surface area contributed by atoms with Crippen LogP contribution in [0.25, 0.3) is 27.7 Å². The molecule has 0 aliphatic carbocycles. The molecule has 4 aromatic rings. The summed E-state index contributed by atoms with van der Waals surface area (Å²) >= 11 is 0. The van der Waals surface area contributed by atoms with Gasteiger partial charge in [-0.1, -0.05) is 43.7 Å². The van der Waals surface area contributed by atoms with E-state index < -0.39 is 0 Å². The molecule has 138 valence electrons. The van der Waals surface area contributed by atoms with E-state index in [2.05, 4.69) is 11.9 Å². The predicted molar refractivity (Wildman–Crippen MR) is 106 cm³/mol. The summed E-state index contributed by atoms with van der Waals surface area (Å²) in [6.07, 6.45) is 5.53. The summed E-state index contributed by atoms with van der Waals surface area (Å²) in [5.74, 6) is 0.